The summed E-state index contributed by atoms with van der Waals surface area (Å²) in [6, 6.07) is 1.94. The van der Waals surface area contributed by atoms with Crippen molar-refractivity contribution in [3.8, 4) is 0 Å². The normalized spacial score (nSPS) is 12.6. The second-order valence-corrected chi connectivity index (χ2v) is 4.85. The Morgan fingerprint density at radius 1 is 1.42 bits per heavy atom. The van der Waals surface area contributed by atoms with Gasteiger partial charge in [0.25, 0.3) is 0 Å². The van der Waals surface area contributed by atoms with E-state index in [0.717, 1.165) is 15.7 Å². The van der Waals surface area contributed by atoms with Gasteiger partial charge in [-0.2, -0.15) is 15.3 Å². The molecule has 0 radical (unpaired) electrons. The van der Waals surface area contributed by atoms with Gasteiger partial charge in [0, 0.05) is 13.3 Å². The fourth-order valence-corrected chi connectivity index (χ4v) is 2.47. The minimum Gasteiger partial charge on any atom is -0.383 e. The van der Waals surface area contributed by atoms with E-state index in [-0.39, 0.29) is 6.04 Å². The molecular formula is C12H16BrN5O. The maximum absolute atomic E-state index is 5.11. The third-order valence-electron chi connectivity index (χ3n) is 2.84. The summed E-state index contributed by atoms with van der Waals surface area (Å²) in [6.07, 6.45) is 5.23. The van der Waals surface area contributed by atoms with Crippen molar-refractivity contribution in [3.05, 3.63) is 40.4 Å². The molecule has 1 unspecified atom stereocenters. The van der Waals surface area contributed by atoms with Crippen molar-refractivity contribution < 1.29 is 4.74 Å². The van der Waals surface area contributed by atoms with Gasteiger partial charge < -0.3 is 10.1 Å². The van der Waals surface area contributed by atoms with Crippen molar-refractivity contribution in [2.75, 3.05) is 20.8 Å². The first-order chi connectivity index (χ1) is 9.27. The molecule has 2 rings (SSSR count). The van der Waals surface area contributed by atoms with Crippen molar-refractivity contribution in [2.24, 2.45) is 0 Å². The van der Waals surface area contributed by atoms with Gasteiger partial charge in [0.15, 0.2) is 0 Å². The minimum absolute atomic E-state index is 0.00392. The molecule has 0 spiro atoms. The van der Waals surface area contributed by atoms with Crippen LogP contribution in [-0.2, 0) is 11.3 Å². The Bertz CT molecular complexity index is 516. The van der Waals surface area contributed by atoms with Gasteiger partial charge >= 0.3 is 0 Å². The largest absolute Gasteiger partial charge is 0.383 e. The van der Waals surface area contributed by atoms with Gasteiger partial charge in [-0.1, -0.05) is 0 Å². The molecule has 19 heavy (non-hydrogen) atoms. The summed E-state index contributed by atoms with van der Waals surface area (Å²) in [5.74, 6) is 0. The average molecular weight is 326 g/mol. The van der Waals surface area contributed by atoms with Crippen LogP contribution in [0.1, 0.15) is 17.3 Å². The highest BCUT2D eigenvalue weighted by Gasteiger charge is 2.20. The Morgan fingerprint density at radius 2 is 2.26 bits per heavy atom. The second-order valence-electron chi connectivity index (χ2n) is 3.99. The van der Waals surface area contributed by atoms with Crippen LogP contribution in [-0.4, -0.2) is 40.7 Å². The van der Waals surface area contributed by atoms with Crippen LogP contribution < -0.4 is 5.32 Å². The molecule has 1 atom stereocenters. The first-order valence-corrected chi connectivity index (χ1v) is 6.71. The number of halogens is 1. The molecule has 0 saturated carbocycles. The van der Waals surface area contributed by atoms with E-state index in [2.05, 4.69) is 36.5 Å². The van der Waals surface area contributed by atoms with E-state index in [4.69, 9.17) is 4.74 Å². The zero-order valence-electron chi connectivity index (χ0n) is 10.9. The van der Waals surface area contributed by atoms with E-state index in [9.17, 15) is 0 Å². The number of nitrogens with one attached hydrogen (secondary N) is 1. The van der Waals surface area contributed by atoms with E-state index < -0.39 is 0 Å². The number of methoxy groups -OCH3 is 1. The smallest absolute Gasteiger partial charge is 0.0773 e. The summed E-state index contributed by atoms with van der Waals surface area (Å²) >= 11 is 3.55. The molecule has 1 N–H and O–H groups in total. The standard InChI is InChI=1S/C12H16BrN5O/c1-14-11(9-3-4-15-16-7-9)12-10(13)8-17-18(12)5-6-19-2/h3-4,7-8,11,14H,5-6H2,1-2H3. The van der Waals surface area contributed by atoms with E-state index in [0.29, 0.717) is 13.2 Å². The van der Waals surface area contributed by atoms with Crippen molar-refractivity contribution in [1.29, 1.82) is 0 Å². The van der Waals surface area contributed by atoms with E-state index in [1.807, 2.05) is 17.8 Å². The lowest BCUT2D eigenvalue weighted by Gasteiger charge is -2.18. The number of nitrogens with zero attached hydrogens (tertiary/aromatic N) is 4. The number of hydrogen-bond acceptors (Lipinski definition) is 5. The lowest BCUT2D eigenvalue weighted by molar-refractivity contribution is 0.182. The highest BCUT2D eigenvalue weighted by atomic mass is 79.9. The Labute approximate surface area is 120 Å². The maximum atomic E-state index is 5.11. The fraction of sp³-hybridized carbons (Fsp3) is 0.417. The Balaban J connectivity index is 2.35. The number of rotatable bonds is 6. The van der Waals surface area contributed by atoms with Crippen LogP contribution in [0.3, 0.4) is 0 Å². The molecular weight excluding hydrogens is 310 g/mol. The van der Waals surface area contributed by atoms with E-state index >= 15 is 0 Å². The Morgan fingerprint density at radius 3 is 2.89 bits per heavy atom. The van der Waals surface area contributed by atoms with Gasteiger partial charge in [-0.25, -0.2) is 0 Å². The van der Waals surface area contributed by atoms with Gasteiger partial charge in [-0.3, -0.25) is 4.68 Å². The third-order valence-corrected chi connectivity index (χ3v) is 3.45. The van der Waals surface area contributed by atoms with Gasteiger partial charge in [0.2, 0.25) is 0 Å². The molecule has 0 aliphatic heterocycles. The molecule has 0 saturated heterocycles. The average Bonchev–Trinajstić information content (AvgIpc) is 2.80. The topological polar surface area (TPSA) is 64.9 Å². The highest BCUT2D eigenvalue weighted by Crippen LogP contribution is 2.27. The minimum atomic E-state index is 0.00392. The summed E-state index contributed by atoms with van der Waals surface area (Å²) in [7, 11) is 3.59. The van der Waals surface area contributed by atoms with Crippen LogP contribution in [0.4, 0.5) is 0 Å². The van der Waals surface area contributed by atoms with E-state index in [1.165, 1.54) is 0 Å². The fourth-order valence-electron chi connectivity index (χ4n) is 1.95. The monoisotopic (exact) mass is 325 g/mol. The lowest BCUT2D eigenvalue weighted by Crippen LogP contribution is -2.23. The molecule has 6 nitrogen and oxygen atoms in total. The Hall–Kier alpha value is -1.31. The van der Waals surface area contributed by atoms with Crippen LogP contribution in [0.25, 0.3) is 0 Å². The number of ether oxygens (including phenoxy) is 1. The van der Waals surface area contributed by atoms with Crippen molar-refractivity contribution in [2.45, 2.75) is 12.6 Å². The van der Waals surface area contributed by atoms with Gasteiger partial charge in [-0.05, 0) is 34.6 Å². The SMILES string of the molecule is CNC(c1ccnnc1)c1c(Br)cnn1CCOC. The zero-order chi connectivity index (χ0) is 13.7. The van der Waals surface area contributed by atoms with Crippen LogP contribution >= 0.6 is 15.9 Å². The highest BCUT2D eigenvalue weighted by molar-refractivity contribution is 9.10. The maximum Gasteiger partial charge on any atom is 0.0773 e. The molecule has 102 valence electrons. The molecule has 0 aliphatic rings. The van der Waals surface area contributed by atoms with Gasteiger partial charge in [0.1, 0.15) is 0 Å². The summed E-state index contributed by atoms with van der Waals surface area (Å²) in [6.45, 7) is 1.32. The van der Waals surface area contributed by atoms with Crippen molar-refractivity contribution in [1.82, 2.24) is 25.3 Å². The molecule has 0 amide bonds. The predicted octanol–water partition coefficient (Wildman–Crippen LogP) is 1.39. The van der Waals surface area contributed by atoms with Crippen LogP contribution in [0.15, 0.2) is 29.1 Å². The predicted molar refractivity (Wildman–Crippen MR) is 74.7 cm³/mol. The number of aromatic nitrogens is 4. The quantitative estimate of drug-likeness (QED) is 0.869. The third kappa shape index (κ3) is 3.17. The number of hydrogen-bond donors (Lipinski definition) is 1. The van der Waals surface area contributed by atoms with Crippen LogP contribution in [0.5, 0.6) is 0 Å². The summed E-state index contributed by atoms with van der Waals surface area (Å²) in [5, 5.41) is 15.4. The zero-order valence-corrected chi connectivity index (χ0v) is 12.5. The Kier molecular flexibility index (Phi) is 5.00. The summed E-state index contributed by atoms with van der Waals surface area (Å²) in [5.41, 5.74) is 2.09. The molecule has 2 aromatic rings. The molecule has 2 heterocycles. The second kappa shape index (κ2) is 6.74. The first-order valence-electron chi connectivity index (χ1n) is 5.92. The molecule has 7 heteroatoms. The van der Waals surface area contributed by atoms with Gasteiger partial charge in [-0.15, -0.1) is 0 Å². The van der Waals surface area contributed by atoms with Crippen LogP contribution in [0, 0.1) is 0 Å². The molecule has 0 fully saturated rings. The van der Waals surface area contributed by atoms with Crippen LogP contribution in [0.2, 0.25) is 0 Å². The molecule has 0 bridgehead atoms. The summed E-state index contributed by atoms with van der Waals surface area (Å²) in [4.78, 5) is 0. The molecule has 0 aromatic carbocycles. The van der Waals surface area contributed by atoms with Crippen molar-refractivity contribution in [3.63, 3.8) is 0 Å². The van der Waals surface area contributed by atoms with Crippen molar-refractivity contribution >= 4 is 15.9 Å². The summed E-state index contributed by atoms with van der Waals surface area (Å²) < 4.78 is 7.99. The molecule has 0 aliphatic carbocycles. The van der Waals surface area contributed by atoms with E-state index in [1.54, 1.807) is 25.7 Å². The lowest BCUT2D eigenvalue weighted by atomic mass is 10.1. The van der Waals surface area contributed by atoms with Gasteiger partial charge in [0.05, 0.1) is 41.8 Å². The molecule has 2 aromatic heterocycles. The first kappa shape index (κ1) is 14.1.